The summed E-state index contributed by atoms with van der Waals surface area (Å²) >= 11 is 5.92. The van der Waals surface area contributed by atoms with Gasteiger partial charge in [0.15, 0.2) is 0 Å². The van der Waals surface area contributed by atoms with Crippen molar-refractivity contribution in [2.75, 3.05) is 32.7 Å². The smallest absolute Gasteiger partial charge is 0.283 e. The van der Waals surface area contributed by atoms with Crippen LogP contribution in [0.4, 0.5) is 5.69 Å². The number of hydrogen-bond acceptors (Lipinski definition) is 5. The molecule has 1 fully saturated rings. The number of rotatable bonds is 7. The Hall–Kier alpha value is -2.19. The Kier molecular flexibility index (Phi) is 7.35. The second-order valence-electron chi connectivity index (χ2n) is 6.21. The number of carbonyl (C=O) groups is 2. The van der Waals surface area contributed by atoms with E-state index in [0.29, 0.717) is 19.0 Å². The molecule has 9 heteroatoms. The first-order valence-electron chi connectivity index (χ1n) is 8.63. The lowest BCUT2D eigenvalue weighted by atomic mass is 9.97. The molecule has 0 atom stereocenters. The summed E-state index contributed by atoms with van der Waals surface area (Å²) in [6.45, 7) is 5.03. The monoisotopic (exact) mass is 382 g/mol. The Labute approximate surface area is 157 Å². The fourth-order valence-electron chi connectivity index (χ4n) is 2.98. The van der Waals surface area contributed by atoms with Gasteiger partial charge in [0.25, 0.3) is 11.6 Å². The van der Waals surface area contributed by atoms with Crippen molar-refractivity contribution in [3.63, 3.8) is 0 Å². The van der Waals surface area contributed by atoms with E-state index < -0.39 is 10.8 Å². The fourth-order valence-corrected chi connectivity index (χ4v) is 3.24. The highest BCUT2D eigenvalue weighted by atomic mass is 35.5. The van der Waals surface area contributed by atoms with Crippen LogP contribution in [0.15, 0.2) is 18.2 Å². The molecule has 2 N–H and O–H groups in total. The highest BCUT2D eigenvalue weighted by Gasteiger charge is 2.26. The van der Waals surface area contributed by atoms with E-state index in [0.717, 1.165) is 25.9 Å². The number of halogens is 1. The van der Waals surface area contributed by atoms with E-state index in [2.05, 4.69) is 17.6 Å². The van der Waals surface area contributed by atoms with E-state index in [4.69, 9.17) is 11.6 Å². The predicted octanol–water partition coefficient (Wildman–Crippen LogP) is 1.83. The minimum absolute atomic E-state index is 0.0200. The summed E-state index contributed by atoms with van der Waals surface area (Å²) in [5.74, 6) is -0.369. The van der Waals surface area contributed by atoms with Crippen LogP contribution in [0.25, 0.3) is 0 Å². The third kappa shape index (κ3) is 5.15. The maximum Gasteiger partial charge on any atom is 0.283 e. The highest BCUT2D eigenvalue weighted by Crippen LogP contribution is 2.26. The van der Waals surface area contributed by atoms with E-state index in [1.54, 1.807) is 4.90 Å². The van der Waals surface area contributed by atoms with Gasteiger partial charge in [-0.3, -0.25) is 19.7 Å². The van der Waals surface area contributed by atoms with Gasteiger partial charge in [-0.15, -0.1) is 0 Å². The number of nitro benzene ring substituents is 1. The second-order valence-corrected chi connectivity index (χ2v) is 6.61. The van der Waals surface area contributed by atoms with Crippen molar-refractivity contribution in [2.45, 2.75) is 19.8 Å². The van der Waals surface area contributed by atoms with Gasteiger partial charge in [0.2, 0.25) is 5.91 Å². The summed E-state index contributed by atoms with van der Waals surface area (Å²) in [5.41, 5.74) is -0.608. The van der Waals surface area contributed by atoms with E-state index in [-0.39, 0.29) is 28.7 Å². The molecule has 1 aromatic carbocycles. The predicted molar refractivity (Wildman–Crippen MR) is 98.3 cm³/mol. The molecule has 0 saturated carbocycles. The van der Waals surface area contributed by atoms with Gasteiger partial charge in [-0.05, 0) is 37.9 Å². The van der Waals surface area contributed by atoms with Crippen molar-refractivity contribution in [1.82, 2.24) is 15.5 Å². The van der Waals surface area contributed by atoms with Gasteiger partial charge in [-0.2, -0.15) is 0 Å². The maximum absolute atomic E-state index is 12.3. The molecule has 0 unspecified atom stereocenters. The Morgan fingerprint density at radius 2 is 2.04 bits per heavy atom. The van der Waals surface area contributed by atoms with Crippen LogP contribution in [0.2, 0.25) is 5.02 Å². The molecular formula is C17H23ClN4O4. The number of nitro groups is 1. The number of benzene rings is 1. The van der Waals surface area contributed by atoms with Crippen molar-refractivity contribution in [3.8, 4) is 0 Å². The molecule has 2 rings (SSSR count). The van der Waals surface area contributed by atoms with Crippen LogP contribution in [0.1, 0.15) is 30.1 Å². The Bertz CT molecular complexity index is 675. The van der Waals surface area contributed by atoms with Gasteiger partial charge in [-0.1, -0.05) is 24.6 Å². The first-order valence-corrected chi connectivity index (χ1v) is 9.01. The summed E-state index contributed by atoms with van der Waals surface area (Å²) in [5, 5.41) is 16.8. The molecule has 1 aliphatic heterocycles. The van der Waals surface area contributed by atoms with Crippen LogP contribution >= 0.6 is 11.6 Å². The van der Waals surface area contributed by atoms with Gasteiger partial charge < -0.3 is 15.5 Å². The van der Waals surface area contributed by atoms with Crippen LogP contribution in [0.5, 0.6) is 0 Å². The zero-order valence-corrected chi connectivity index (χ0v) is 15.4. The van der Waals surface area contributed by atoms with Gasteiger partial charge in [0, 0.05) is 19.2 Å². The van der Waals surface area contributed by atoms with Crippen molar-refractivity contribution in [2.24, 2.45) is 5.92 Å². The molecule has 26 heavy (non-hydrogen) atoms. The standard InChI is InChI=1S/C17H23ClN4O4/c1-2-19-10-12-6-8-21(9-7-12)15(23)11-20-17(24)16-13(18)4-3-5-14(16)22(25)26/h3-5,12,19H,2,6-11H2,1H3,(H,20,24). The molecule has 0 aliphatic carbocycles. The number of amides is 2. The van der Waals surface area contributed by atoms with E-state index in [9.17, 15) is 19.7 Å². The van der Waals surface area contributed by atoms with Crippen LogP contribution in [-0.2, 0) is 4.79 Å². The zero-order chi connectivity index (χ0) is 19.1. The Morgan fingerprint density at radius 3 is 2.65 bits per heavy atom. The molecule has 1 heterocycles. The number of nitrogens with one attached hydrogen (secondary N) is 2. The number of nitrogens with zero attached hydrogens (tertiary/aromatic N) is 2. The molecule has 1 aliphatic rings. The molecule has 0 spiro atoms. The topological polar surface area (TPSA) is 105 Å². The number of piperidine rings is 1. The Balaban J connectivity index is 1.89. The lowest BCUT2D eigenvalue weighted by Crippen LogP contribution is -2.45. The average Bonchev–Trinajstić information content (AvgIpc) is 2.64. The molecule has 142 valence electrons. The maximum atomic E-state index is 12.3. The van der Waals surface area contributed by atoms with E-state index >= 15 is 0 Å². The van der Waals surface area contributed by atoms with Gasteiger partial charge >= 0.3 is 0 Å². The molecule has 0 radical (unpaired) electrons. The third-order valence-corrected chi connectivity index (χ3v) is 4.78. The molecule has 0 aromatic heterocycles. The van der Waals surface area contributed by atoms with Crippen molar-refractivity contribution in [1.29, 1.82) is 0 Å². The number of hydrogen-bond donors (Lipinski definition) is 2. The molecule has 2 amide bonds. The fraction of sp³-hybridized carbons (Fsp3) is 0.529. The van der Waals surface area contributed by atoms with E-state index in [1.807, 2.05) is 0 Å². The summed E-state index contributed by atoms with van der Waals surface area (Å²) in [6, 6.07) is 4.01. The summed E-state index contributed by atoms with van der Waals surface area (Å²) in [6.07, 6.45) is 1.84. The normalized spacial score (nSPS) is 14.9. The minimum Gasteiger partial charge on any atom is -0.343 e. The summed E-state index contributed by atoms with van der Waals surface area (Å²) in [4.78, 5) is 36.7. The zero-order valence-electron chi connectivity index (χ0n) is 14.7. The molecule has 1 aromatic rings. The van der Waals surface area contributed by atoms with Gasteiger partial charge in [0.05, 0.1) is 16.5 Å². The molecule has 0 bridgehead atoms. The van der Waals surface area contributed by atoms with E-state index in [1.165, 1.54) is 18.2 Å². The largest absolute Gasteiger partial charge is 0.343 e. The highest BCUT2D eigenvalue weighted by molar-refractivity contribution is 6.34. The molecule has 8 nitrogen and oxygen atoms in total. The SMILES string of the molecule is CCNCC1CCN(C(=O)CNC(=O)c2c(Cl)cccc2[N+](=O)[O-])CC1. The summed E-state index contributed by atoms with van der Waals surface area (Å²) < 4.78 is 0. The quantitative estimate of drug-likeness (QED) is 0.553. The number of carbonyl (C=O) groups excluding carboxylic acids is 2. The second kappa shape index (κ2) is 9.49. The molecular weight excluding hydrogens is 360 g/mol. The molecule has 1 saturated heterocycles. The first-order chi connectivity index (χ1) is 12.4. The lowest BCUT2D eigenvalue weighted by Gasteiger charge is -2.32. The van der Waals surface area contributed by atoms with Crippen LogP contribution in [0, 0.1) is 16.0 Å². The average molecular weight is 383 g/mol. The van der Waals surface area contributed by atoms with Crippen LogP contribution in [0.3, 0.4) is 0 Å². The number of likely N-dealkylation sites (tertiary alicyclic amines) is 1. The van der Waals surface area contributed by atoms with Gasteiger partial charge in [-0.25, -0.2) is 0 Å². The van der Waals surface area contributed by atoms with Crippen LogP contribution < -0.4 is 10.6 Å². The van der Waals surface area contributed by atoms with Crippen molar-refractivity contribution < 1.29 is 14.5 Å². The Morgan fingerprint density at radius 1 is 1.35 bits per heavy atom. The van der Waals surface area contributed by atoms with Crippen LogP contribution in [-0.4, -0.2) is 54.4 Å². The van der Waals surface area contributed by atoms with Crippen molar-refractivity contribution in [3.05, 3.63) is 38.9 Å². The summed E-state index contributed by atoms with van der Waals surface area (Å²) in [7, 11) is 0. The lowest BCUT2D eigenvalue weighted by molar-refractivity contribution is -0.385. The van der Waals surface area contributed by atoms with Gasteiger partial charge in [0.1, 0.15) is 5.56 Å². The minimum atomic E-state index is -0.724. The third-order valence-electron chi connectivity index (χ3n) is 4.47. The first kappa shape index (κ1) is 20.1. The van der Waals surface area contributed by atoms with Crippen molar-refractivity contribution >= 4 is 29.1 Å².